The minimum Gasteiger partial charge on any atom is -0.396 e. The maximum absolute atomic E-state index is 11.8. The van der Waals surface area contributed by atoms with Crippen LogP contribution in [0, 0.1) is 6.92 Å². The first-order valence-electron chi connectivity index (χ1n) is 8.92. The Hall–Kier alpha value is -3.69. The third-order valence-corrected chi connectivity index (χ3v) is 5.50. The Morgan fingerprint density at radius 3 is 2.37 bits per heavy atom. The fraction of sp³-hybridized carbons (Fsp3) is 0.0476. The van der Waals surface area contributed by atoms with Crippen LogP contribution in [-0.2, 0) is 10.1 Å². The molecule has 0 atom stereocenters. The van der Waals surface area contributed by atoms with Gasteiger partial charge in [-0.25, -0.2) is 0 Å². The van der Waals surface area contributed by atoms with E-state index in [1.165, 1.54) is 6.07 Å². The highest BCUT2D eigenvalue weighted by atomic mass is 32.2. The summed E-state index contributed by atoms with van der Waals surface area (Å²) in [4.78, 5) is 8.20. The normalized spacial score (nSPS) is 11.9. The van der Waals surface area contributed by atoms with Gasteiger partial charge in [-0.2, -0.15) is 8.42 Å². The van der Waals surface area contributed by atoms with Gasteiger partial charge >= 0.3 is 0 Å². The molecule has 0 aliphatic heterocycles. The number of rotatable bonds is 4. The van der Waals surface area contributed by atoms with E-state index in [0.717, 1.165) is 16.8 Å². The summed E-state index contributed by atoms with van der Waals surface area (Å²) in [6.07, 6.45) is 4.98. The number of nitrogens with zero attached hydrogens (tertiary/aromatic N) is 4. The van der Waals surface area contributed by atoms with Crippen molar-refractivity contribution in [2.45, 2.75) is 11.8 Å². The Morgan fingerprint density at radius 2 is 1.70 bits per heavy atom. The van der Waals surface area contributed by atoms with Gasteiger partial charge in [-0.3, -0.25) is 14.5 Å². The largest absolute Gasteiger partial charge is 0.396 e. The van der Waals surface area contributed by atoms with E-state index < -0.39 is 10.1 Å². The van der Waals surface area contributed by atoms with E-state index in [1.54, 1.807) is 42.9 Å². The molecule has 30 heavy (non-hydrogen) atoms. The Morgan fingerprint density at radius 1 is 0.967 bits per heavy atom. The van der Waals surface area contributed by atoms with Crippen molar-refractivity contribution in [1.82, 2.24) is 9.97 Å². The number of benzene rings is 2. The quantitative estimate of drug-likeness (QED) is 0.276. The van der Waals surface area contributed by atoms with Gasteiger partial charge in [0.15, 0.2) is 0 Å². The molecule has 0 aliphatic rings. The summed E-state index contributed by atoms with van der Waals surface area (Å²) in [6.45, 7) is 1.86. The molecule has 0 amide bonds. The van der Waals surface area contributed by atoms with Crippen LogP contribution in [0.2, 0.25) is 0 Å². The van der Waals surface area contributed by atoms with Crippen LogP contribution < -0.4 is 5.73 Å². The second kappa shape index (κ2) is 7.62. The first-order chi connectivity index (χ1) is 14.3. The highest BCUT2D eigenvalue weighted by Crippen LogP contribution is 2.37. The minimum absolute atomic E-state index is 0.136. The number of pyridine rings is 2. The second-order valence-corrected chi connectivity index (χ2v) is 8.02. The Balaban J connectivity index is 1.77. The number of aromatic nitrogens is 2. The SMILES string of the molecule is Cc1cc(-c2cccnc2)ncc1/N=N/c1cc(S(=O)(=O)O)c2ccccc2c1N. The standard InChI is InChI=1S/C21H17N5O3S/c1-13-9-17(14-5-4-8-23-11-14)24-12-19(13)26-25-18-10-20(30(27,28)29)15-6-2-3-7-16(15)21(18)22/h2-12H,22H2,1H3,(H,27,28,29)/b26-25+. The number of nitrogen functional groups attached to an aromatic ring is 1. The van der Waals surface area contributed by atoms with Gasteiger partial charge in [0.05, 0.1) is 17.6 Å². The molecule has 0 aliphatic carbocycles. The molecule has 4 aromatic rings. The van der Waals surface area contributed by atoms with E-state index in [0.29, 0.717) is 16.5 Å². The summed E-state index contributed by atoms with van der Waals surface area (Å²) in [6, 6.07) is 13.4. The molecule has 150 valence electrons. The summed E-state index contributed by atoms with van der Waals surface area (Å²) >= 11 is 0. The summed E-state index contributed by atoms with van der Waals surface area (Å²) < 4.78 is 33.3. The number of nitrogens with two attached hydrogens (primary N) is 1. The third kappa shape index (κ3) is 3.76. The zero-order valence-electron chi connectivity index (χ0n) is 15.9. The van der Waals surface area contributed by atoms with Crippen molar-refractivity contribution in [3.63, 3.8) is 0 Å². The van der Waals surface area contributed by atoms with Gasteiger partial charge < -0.3 is 5.73 Å². The molecular formula is C21H17N5O3S. The van der Waals surface area contributed by atoms with Gasteiger partial charge in [0.2, 0.25) is 0 Å². The van der Waals surface area contributed by atoms with Gasteiger partial charge in [-0.1, -0.05) is 24.3 Å². The molecule has 3 N–H and O–H groups in total. The van der Waals surface area contributed by atoms with Crippen molar-refractivity contribution in [2.75, 3.05) is 5.73 Å². The number of azo groups is 1. The molecule has 8 nitrogen and oxygen atoms in total. The molecule has 9 heteroatoms. The van der Waals surface area contributed by atoms with Crippen LogP contribution in [0.1, 0.15) is 5.56 Å². The van der Waals surface area contributed by atoms with Gasteiger partial charge in [0, 0.05) is 28.7 Å². The fourth-order valence-corrected chi connectivity index (χ4v) is 3.80. The molecule has 0 bridgehead atoms. The van der Waals surface area contributed by atoms with E-state index in [-0.39, 0.29) is 16.3 Å². The lowest BCUT2D eigenvalue weighted by molar-refractivity contribution is 0.484. The van der Waals surface area contributed by atoms with Crippen LogP contribution in [0.4, 0.5) is 17.1 Å². The number of hydrogen-bond donors (Lipinski definition) is 2. The molecule has 0 unspecified atom stereocenters. The monoisotopic (exact) mass is 419 g/mol. The van der Waals surface area contributed by atoms with Crippen LogP contribution in [-0.4, -0.2) is 22.9 Å². The second-order valence-electron chi connectivity index (χ2n) is 6.63. The van der Waals surface area contributed by atoms with E-state index in [1.807, 2.05) is 25.1 Å². The average Bonchev–Trinajstić information content (AvgIpc) is 2.74. The zero-order valence-corrected chi connectivity index (χ0v) is 16.7. The van der Waals surface area contributed by atoms with Crippen molar-refractivity contribution in [2.24, 2.45) is 10.2 Å². The molecular weight excluding hydrogens is 402 g/mol. The lowest BCUT2D eigenvalue weighted by Gasteiger charge is -2.09. The Labute approximate surface area is 172 Å². The van der Waals surface area contributed by atoms with E-state index in [2.05, 4.69) is 20.2 Å². The number of hydrogen-bond acceptors (Lipinski definition) is 7. The molecule has 0 radical (unpaired) electrons. The van der Waals surface area contributed by atoms with E-state index in [4.69, 9.17) is 5.73 Å². The highest BCUT2D eigenvalue weighted by Gasteiger charge is 2.18. The maximum Gasteiger partial charge on any atom is 0.295 e. The summed E-state index contributed by atoms with van der Waals surface area (Å²) in [7, 11) is -4.47. The van der Waals surface area contributed by atoms with Crippen LogP contribution in [0.15, 0.2) is 82.2 Å². The fourth-order valence-electron chi connectivity index (χ4n) is 3.08. The molecule has 0 saturated heterocycles. The molecule has 2 aromatic carbocycles. The number of aryl methyl sites for hydroxylation is 1. The predicted octanol–water partition coefficient (Wildman–Crippen LogP) is 4.85. The zero-order chi connectivity index (χ0) is 21.3. The van der Waals surface area contributed by atoms with Gasteiger partial charge in [-0.05, 0) is 36.8 Å². The summed E-state index contributed by atoms with van der Waals surface area (Å²) in [5.74, 6) is 0. The summed E-state index contributed by atoms with van der Waals surface area (Å²) in [5, 5.41) is 9.10. The van der Waals surface area contributed by atoms with Crippen LogP contribution in [0.3, 0.4) is 0 Å². The van der Waals surface area contributed by atoms with Crippen molar-refractivity contribution >= 4 is 38.0 Å². The molecule has 0 spiro atoms. The number of fused-ring (bicyclic) bond motifs is 1. The third-order valence-electron chi connectivity index (χ3n) is 4.61. The van der Waals surface area contributed by atoms with Gasteiger partial charge in [0.25, 0.3) is 10.1 Å². The highest BCUT2D eigenvalue weighted by molar-refractivity contribution is 7.86. The van der Waals surface area contributed by atoms with Crippen molar-refractivity contribution in [3.8, 4) is 11.3 Å². The van der Waals surface area contributed by atoms with Crippen LogP contribution >= 0.6 is 0 Å². The van der Waals surface area contributed by atoms with Gasteiger partial charge in [-0.15, -0.1) is 10.2 Å². The van der Waals surface area contributed by atoms with Crippen molar-refractivity contribution in [1.29, 1.82) is 0 Å². The minimum atomic E-state index is -4.47. The maximum atomic E-state index is 11.8. The lowest BCUT2D eigenvalue weighted by Crippen LogP contribution is -2.01. The first-order valence-corrected chi connectivity index (χ1v) is 10.4. The van der Waals surface area contributed by atoms with Crippen LogP contribution in [0.5, 0.6) is 0 Å². The van der Waals surface area contributed by atoms with E-state index in [9.17, 15) is 13.0 Å². The molecule has 2 aromatic heterocycles. The predicted molar refractivity (Wildman–Crippen MR) is 115 cm³/mol. The Bertz CT molecular complexity index is 1390. The van der Waals surface area contributed by atoms with Crippen LogP contribution in [0.25, 0.3) is 22.0 Å². The molecule has 0 saturated carbocycles. The van der Waals surface area contributed by atoms with E-state index >= 15 is 0 Å². The first kappa shape index (κ1) is 19.6. The number of anilines is 1. The smallest absolute Gasteiger partial charge is 0.295 e. The molecule has 4 rings (SSSR count). The molecule has 2 heterocycles. The molecule has 0 fully saturated rings. The Kier molecular flexibility index (Phi) is 4.98. The van der Waals surface area contributed by atoms with Gasteiger partial charge in [0.1, 0.15) is 16.3 Å². The topological polar surface area (TPSA) is 131 Å². The summed E-state index contributed by atoms with van der Waals surface area (Å²) in [5.41, 5.74) is 9.53. The van der Waals surface area contributed by atoms with Crippen molar-refractivity contribution in [3.05, 3.63) is 72.7 Å². The average molecular weight is 419 g/mol. The lowest BCUT2D eigenvalue weighted by atomic mass is 10.1. The van der Waals surface area contributed by atoms with Crippen molar-refractivity contribution < 1.29 is 13.0 Å².